The molecule has 0 saturated carbocycles. The van der Waals surface area contributed by atoms with E-state index in [0.717, 1.165) is 54.3 Å². The quantitative estimate of drug-likeness (QED) is 0.725. The average Bonchev–Trinajstić information content (AvgIpc) is 3.11. The lowest BCUT2D eigenvalue weighted by atomic mass is 10.1. The molecule has 0 saturated heterocycles. The first-order chi connectivity index (χ1) is 13.2. The summed E-state index contributed by atoms with van der Waals surface area (Å²) in [5.41, 5.74) is 3.63. The lowest BCUT2D eigenvalue weighted by molar-refractivity contribution is 0.102. The third-order valence-corrected chi connectivity index (χ3v) is 5.00. The maximum atomic E-state index is 12.9. The van der Waals surface area contributed by atoms with Gasteiger partial charge in [0.15, 0.2) is 0 Å². The SMILES string of the molecule is Cc1c(NCc2cccnc2)cccc1C(=O)Nc1cnc2n1CCCC2. The van der Waals surface area contributed by atoms with Gasteiger partial charge in [-0.15, -0.1) is 0 Å². The van der Waals surface area contributed by atoms with Crippen LogP contribution in [0.5, 0.6) is 0 Å². The Kier molecular flexibility index (Phi) is 4.87. The highest BCUT2D eigenvalue weighted by Crippen LogP contribution is 2.23. The molecule has 0 fully saturated rings. The summed E-state index contributed by atoms with van der Waals surface area (Å²) in [5.74, 6) is 1.73. The molecule has 0 bridgehead atoms. The number of pyridine rings is 1. The number of carbonyl (C=O) groups is 1. The van der Waals surface area contributed by atoms with Crippen LogP contribution in [0.15, 0.2) is 48.9 Å². The largest absolute Gasteiger partial charge is 0.381 e. The molecule has 0 atom stereocenters. The third-order valence-electron chi connectivity index (χ3n) is 5.00. The second kappa shape index (κ2) is 7.61. The van der Waals surface area contributed by atoms with Crippen molar-refractivity contribution in [3.05, 3.63) is 71.4 Å². The zero-order valence-corrected chi connectivity index (χ0v) is 15.4. The molecule has 1 aliphatic rings. The van der Waals surface area contributed by atoms with Crippen LogP contribution in [0.3, 0.4) is 0 Å². The summed E-state index contributed by atoms with van der Waals surface area (Å²) in [6.45, 7) is 3.54. The first-order valence-electron chi connectivity index (χ1n) is 9.30. The zero-order chi connectivity index (χ0) is 18.6. The van der Waals surface area contributed by atoms with E-state index in [-0.39, 0.29) is 5.91 Å². The molecule has 0 spiro atoms. The Bertz CT molecular complexity index is 948. The van der Waals surface area contributed by atoms with Crippen LogP contribution in [0, 0.1) is 6.92 Å². The van der Waals surface area contributed by atoms with E-state index < -0.39 is 0 Å². The summed E-state index contributed by atoms with van der Waals surface area (Å²) in [6.07, 6.45) is 8.62. The van der Waals surface area contributed by atoms with E-state index in [2.05, 4.69) is 25.2 Å². The normalized spacial score (nSPS) is 13.1. The minimum absolute atomic E-state index is 0.106. The minimum atomic E-state index is -0.106. The van der Waals surface area contributed by atoms with Crippen LogP contribution in [0.25, 0.3) is 0 Å². The van der Waals surface area contributed by atoms with Gasteiger partial charge in [0.05, 0.1) is 6.20 Å². The number of rotatable bonds is 5. The number of imidazole rings is 1. The monoisotopic (exact) mass is 361 g/mol. The van der Waals surface area contributed by atoms with Crippen LogP contribution in [0.1, 0.15) is 40.2 Å². The number of nitrogens with one attached hydrogen (secondary N) is 2. The topological polar surface area (TPSA) is 71.8 Å². The van der Waals surface area contributed by atoms with E-state index >= 15 is 0 Å². The maximum absolute atomic E-state index is 12.9. The summed E-state index contributed by atoms with van der Waals surface area (Å²) in [6, 6.07) is 9.69. The van der Waals surface area contributed by atoms with Crippen molar-refractivity contribution in [2.45, 2.75) is 39.3 Å². The fourth-order valence-corrected chi connectivity index (χ4v) is 3.47. The highest BCUT2D eigenvalue weighted by atomic mass is 16.1. The van der Waals surface area contributed by atoms with Crippen molar-refractivity contribution in [2.75, 3.05) is 10.6 Å². The van der Waals surface area contributed by atoms with E-state index in [0.29, 0.717) is 12.1 Å². The van der Waals surface area contributed by atoms with Crippen molar-refractivity contribution < 1.29 is 4.79 Å². The van der Waals surface area contributed by atoms with E-state index in [4.69, 9.17) is 0 Å². The molecule has 0 radical (unpaired) electrons. The molecule has 0 aliphatic carbocycles. The number of hydrogen-bond acceptors (Lipinski definition) is 4. The predicted octanol–water partition coefficient (Wildman–Crippen LogP) is 3.79. The van der Waals surface area contributed by atoms with Gasteiger partial charge in [0, 0.05) is 43.2 Å². The molecular weight excluding hydrogens is 338 g/mol. The summed E-state index contributed by atoms with van der Waals surface area (Å²) < 4.78 is 2.11. The van der Waals surface area contributed by atoms with Crippen molar-refractivity contribution in [3.63, 3.8) is 0 Å². The average molecular weight is 361 g/mol. The van der Waals surface area contributed by atoms with E-state index in [1.807, 2.05) is 43.5 Å². The Morgan fingerprint density at radius 2 is 2.11 bits per heavy atom. The number of aromatic nitrogens is 3. The molecule has 1 aromatic carbocycles. The Morgan fingerprint density at radius 3 is 2.96 bits per heavy atom. The molecule has 27 heavy (non-hydrogen) atoms. The van der Waals surface area contributed by atoms with Gasteiger partial charge in [-0.1, -0.05) is 12.1 Å². The van der Waals surface area contributed by atoms with Crippen LogP contribution in [-0.4, -0.2) is 20.4 Å². The van der Waals surface area contributed by atoms with E-state index in [1.54, 1.807) is 12.4 Å². The zero-order valence-electron chi connectivity index (χ0n) is 15.4. The summed E-state index contributed by atoms with van der Waals surface area (Å²) in [5, 5.41) is 6.43. The fourth-order valence-electron chi connectivity index (χ4n) is 3.47. The van der Waals surface area contributed by atoms with Crippen molar-refractivity contribution >= 4 is 17.4 Å². The van der Waals surface area contributed by atoms with Gasteiger partial charge in [0.25, 0.3) is 5.91 Å². The molecular formula is C21H23N5O. The third kappa shape index (κ3) is 3.69. The Morgan fingerprint density at radius 1 is 1.19 bits per heavy atom. The van der Waals surface area contributed by atoms with Gasteiger partial charge < -0.3 is 15.2 Å². The molecule has 6 nitrogen and oxygen atoms in total. The van der Waals surface area contributed by atoms with Gasteiger partial charge in [-0.3, -0.25) is 9.78 Å². The van der Waals surface area contributed by atoms with E-state index in [9.17, 15) is 4.79 Å². The number of fused-ring (bicyclic) bond motifs is 1. The summed E-state index contributed by atoms with van der Waals surface area (Å²) >= 11 is 0. The molecule has 1 amide bonds. The molecule has 1 aliphatic heterocycles. The van der Waals surface area contributed by atoms with Crippen LogP contribution in [0.4, 0.5) is 11.5 Å². The number of hydrogen-bond donors (Lipinski definition) is 2. The van der Waals surface area contributed by atoms with Gasteiger partial charge in [-0.25, -0.2) is 4.98 Å². The van der Waals surface area contributed by atoms with Crippen molar-refractivity contribution in [2.24, 2.45) is 0 Å². The molecule has 6 heteroatoms. The summed E-state index contributed by atoms with van der Waals surface area (Å²) in [4.78, 5) is 21.4. The number of aryl methyl sites for hydroxylation is 1. The number of anilines is 2. The van der Waals surface area contributed by atoms with Crippen LogP contribution < -0.4 is 10.6 Å². The molecule has 0 unspecified atom stereocenters. The molecule has 2 aromatic heterocycles. The van der Waals surface area contributed by atoms with Gasteiger partial charge in [-0.2, -0.15) is 0 Å². The lowest BCUT2D eigenvalue weighted by Gasteiger charge is -2.17. The molecule has 2 N–H and O–H groups in total. The van der Waals surface area contributed by atoms with E-state index in [1.165, 1.54) is 0 Å². The predicted molar refractivity (Wildman–Crippen MR) is 106 cm³/mol. The van der Waals surface area contributed by atoms with Crippen molar-refractivity contribution in [3.8, 4) is 0 Å². The fraction of sp³-hybridized carbons (Fsp3) is 0.286. The molecule has 3 heterocycles. The molecule has 138 valence electrons. The van der Waals surface area contributed by atoms with Gasteiger partial charge in [-0.05, 0) is 49.1 Å². The first-order valence-corrected chi connectivity index (χ1v) is 9.30. The second-order valence-corrected chi connectivity index (χ2v) is 6.82. The van der Waals surface area contributed by atoms with Crippen molar-refractivity contribution in [1.29, 1.82) is 0 Å². The highest BCUT2D eigenvalue weighted by molar-refractivity contribution is 6.05. The molecule has 3 aromatic rings. The number of carbonyl (C=O) groups excluding carboxylic acids is 1. The van der Waals surface area contributed by atoms with Gasteiger partial charge >= 0.3 is 0 Å². The standard InChI is InChI=1S/C21H23N5O/c1-15-17(7-4-8-18(15)23-13-16-6-5-10-22-12-16)21(27)25-20-14-24-19-9-2-3-11-26(19)20/h4-8,10,12,14,23H,2-3,9,11,13H2,1H3,(H,25,27). The Balaban J connectivity index is 1.50. The lowest BCUT2D eigenvalue weighted by Crippen LogP contribution is -2.19. The van der Waals surface area contributed by atoms with Crippen LogP contribution >= 0.6 is 0 Å². The van der Waals surface area contributed by atoms with Gasteiger partial charge in [0.1, 0.15) is 11.6 Å². The second-order valence-electron chi connectivity index (χ2n) is 6.82. The summed E-state index contributed by atoms with van der Waals surface area (Å²) in [7, 11) is 0. The van der Waals surface area contributed by atoms with Gasteiger partial charge in [0.2, 0.25) is 0 Å². The smallest absolute Gasteiger partial charge is 0.257 e. The number of amides is 1. The minimum Gasteiger partial charge on any atom is -0.381 e. The highest BCUT2D eigenvalue weighted by Gasteiger charge is 2.18. The van der Waals surface area contributed by atoms with Crippen LogP contribution in [0.2, 0.25) is 0 Å². The first kappa shape index (κ1) is 17.3. The number of benzene rings is 1. The van der Waals surface area contributed by atoms with Crippen LogP contribution in [-0.2, 0) is 19.5 Å². The van der Waals surface area contributed by atoms with Crippen molar-refractivity contribution in [1.82, 2.24) is 14.5 Å². The Hall–Kier alpha value is -3.15. The maximum Gasteiger partial charge on any atom is 0.257 e. The number of nitrogens with zero attached hydrogens (tertiary/aromatic N) is 3. The Labute approximate surface area is 158 Å². The molecule has 4 rings (SSSR count).